The molecular formula is C9H11IN2O2. The second kappa shape index (κ2) is 3.46. The van der Waals surface area contributed by atoms with Crippen LogP contribution in [-0.2, 0) is 9.47 Å². The monoisotopic (exact) mass is 306 g/mol. The molecule has 4 nitrogen and oxygen atoms in total. The SMILES string of the molecule is Ic1cnn([C@@H]2CO[C@H]3OCC[C@H]32)c1. The van der Waals surface area contributed by atoms with Crippen LogP contribution in [0, 0.1) is 9.49 Å². The van der Waals surface area contributed by atoms with Gasteiger partial charge in [-0.2, -0.15) is 5.10 Å². The second-order valence-electron chi connectivity index (χ2n) is 3.73. The van der Waals surface area contributed by atoms with E-state index in [0.717, 1.165) is 19.6 Å². The largest absolute Gasteiger partial charge is 0.352 e. The van der Waals surface area contributed by atoms with Crippen LogP contribution in [0.1, 0.15) is 12.5 Å². The quantitative estimate of drug-likeness (QED) is 0.736. The van der Waals surface area contributed by atoms with E-state index in [-0.39, 0.29) is 6.29 Å². The molecule has 0 amide bonds. The van der Waals surface area contributed by atoms with Gasteiger partial charge in [-0.25, -0.2) is 0 Å². The number of aromatic nitrogens is 2. The smallest absolute Gasteiger partial charge is 0.162 e. The summed E-state index contributed by atoms with van der Waals surface area (Å²) in [4.78, 5) is 0. The standard InChI is InChI=1S/C9H11IN2O2/c10-6-3-11-12(4-6)8-5-14-9-7(8)1-2-13-9/h3-4,7-9H,1-2,5H2/t7-,8+,9+/m0/s1. The van der Waals surface area contributed by atoms with Crippen LogP contribution in [0.2, 0.25) is 0 Å². The number of halogens is 1. The van der Waals surface area contributed by atoms with E-state index >= 15 is 0 Å². The first-order valence-electron chi connectivity index (χ1n) is 4.77. The van der Waals surface area contributed by atoms with Gasteiger partial charge in [0.15, 0.2) is 6.29 Å². The predicted molar refractivity (Wildman–Crippen MR) is 57.8 cm³/mol. The van der Waals surface area contributed by atoms with Crippen molar-refractivity contribution in [1.82, 2.24) is 9.78 Å². The van der Waals surface area contributed by atoms with E-state index in [1.807, 2.05) is 10.9 Å². The maximum Gasteiger partial charge on any atom is 0.162 e. The molecule has 0 aromatic carbocycles. The number of ether oxygens (including phenoxy) is 2. The third kappa shape index (κ3) is 1.38. The van der Waals surface area contributed by atoms with Gasteiger partial charge in [0.2, 0.25) is 0 Å². The van der Waals surface area contributed by atoms with E-state index in [4.69, 9.17) is 9.47 Å². The fraction of sp³-hybridized carbons (Fsp3) is 0.667. The van der Waals surface area contributed by atoms with Crippen molar-refractivity contribution in [2.24, 2.45) is 5.92 Å². The van der Waals surface area contributed by atoms with Crippen molar-refractivity contribution in [3.63, 3.8) is 0 Å². The Morgan fingerprint density at radius 1 is 1.50 bits per heavy atom. The van der Waals surface area contributed by atoms with Gasteiger partial charge in [0.05, 0.1) is 29.0 Å². The Balaban J connectivity index is 1.85. The van der Waals surface area contributed by atoms with E-state index in [0.29, 0.717) is 12.0 Å². The van der Waals surface area contributed by atoms with Crippen LogP contribution in [0.5, 0.6) is 0 Å². The molecule has 1 aromatic heterocycles. The molecule has 2 aliphatic heterocycles. The number of hydrogen-bond acceptors (Lipinski definition) is 3. The number of nitrogens with zero attached hydrogens (tertiary/aromatic N) is 2. The highest BCUT2D eigenvalue weighted by molar-refractivity contribution is 14.1. The Morgan fingerprint density at radius 3 is 3.21 bits per heavy atom. The first-order chi connectivity index (χ1) is 6.84. The number of rotatable bonds is 1. The molecule has 0 radical (unpaired) electrons. The molecule has 3 heterocycles. The summed E-state index contributed by atoms with van der Waals surface area (Å²) in [6, 6.07) is 0.367. The zero-order valence-electron chi connectivity index (χ0n) is 7.60. The molecule has 0 saturated carbocycles. The van der Waals surface area contributed by atoms with Crippen molar-refractivity contribution in [1.29, 1.82) is 0 Å². The third-order valence-corrected chi connectivity index (χ3v) is 3.48. The molecule has 2 saturated heterocycles. The first-order valence-corrected chi connectivity index (χ1v) is 5.85. The van der Waals surface area contributed by atoms with E-state index < -0.39 is 0 Å². The van der Waals surface area contributed by atoms with Crippen LogP contribution >= 0.6 is 22.6 Å². The summed E-state index contributed by atoms with van der Waals surface area (Å²) in [7, 11) is 0. The summed E-state index contributed by atoms with van der Waals surface area (Å²) in [5.41, 5.74) is 0. The number of fused-ring (bicyclic) bond motifs is 1. The number of hydrogen-bond donors (Lipinski definition) is 0. The van der Waals surface area contributed by atoms with Crippen LogP contribution in [0.4, 0.5) is 0 Å². The van der Waals surface area contributed by atoms with Crippen molar-refractivity contribution in [2.75, 3.05) is 13.2 Å². The van der Waals surface area contributed by atoms with Crippen molar-refractivity contribution in [3.8, 4) is 0 Å². The van der Waals surface area contributed by atoms with Crippen LogP contribution < -0.4 is 0 Å². The Labute approximate surface area is 95.7 Å². The second-order valence-corrected chi connectivity index (χ2v) is 4.98. The highest BCUT2D eigenvalue weighted by Gasteiger charge is 2.42. The Kier molecular flexibility index (Phi) is 2.25. The summed E-state index contributed by atoms with van der Waals surface area (Å²) in [6.07, 6.45) is 5.05. The highest BCUT2D eigenvalue weighted by Crippen LogP contribution is 2.38. The minimum Gasteiger partial charge on any atom is -0.352 e. The van der Waals surface area contributed by atoms with Gasteiger partial charge in [-0.3, -0.25) is 4.68 Å². The molecule has 0 bridgehead atoms. The average Bonchev–Trinajstić information content (AvgIpc) is 2.77. The molecular weight excluding hydrogens is 295 g/mol. The summed E-state index contributed by atoms with van der Waals surface area (Å²) < 4.78 is 14.2. The summed E-state index contributed by atoms with van der Waals surface area (Å²) in [6.45, 7) is 1.55. The predicted octanol–water partition coefficient (Wildman–Crippen LogP) is 1.42. The lowest BCUT2D eigenvalue weighted by atomic mass is 10.0. The molecule has 0 spiro atoms. The molecule has 3 rings (SSSR count). The van der Waals surface area contributed by atoms with E-state index in [1.165, 1.54) is 3.57 Å². The van der Waals surface area contributed by atoms with Crippen molar-refractivity contribution in [2.45, 2.75) is 18.8 Å². The van der Waals surface area contributed by atoms with Crippen LogP contribution in [-0.4, -0.2) is 29.3 Å². The summed E-state index contributed by atoms with van der Waals surface area (Å²) >= 11 is 2.27. The lowest BCUT2D eigenvalue weighted by molar-refractivity contribution is -0.0905. The van der Waals surface area contributed by atoms with Crippen molar-refractivity contribution < 1.29 is 9.47 Å². The van der Waals surface area contributed by atoms with Crippen LogP contribution in [0.15, 0.2) is 12.4 Å². The average molecular weight is 306 g/mol. The highest BCUT2D eigenvalue weighted by atomic mass is 127. The first kappa shape index (κ1) is 9.11. The molecule has 2 aliphatic rings. The summed E-state index contributed by atoms with van der Waals surface area (Å²) in [5, 5.41) is 4.33. The van der Waals surface area contributed by atoms with Crippen molar-refractivity contribution >= 4 is 22.6 Å². The van der Waals surface area contributed by atoms with Gasteiger partial charge < -0.3 is 9.47 Å². The molecule has 14 heavy (non-hydrogen) atoms. The van der Waals surface area contributed by atoms with Crippen molar-refractivity contribution in [3.05, 3.63) is 16.0 Å². The minimum atomic E-state index is 0.0156. The molecule has 0 aliphatic carbocycles. The molecule has 5 heteroatoms. The van der Waals surface area contributed by atoms with Crippen LogP contribution in [0.3, 0.4) is 0 Å². The van der Waals surface area contributed by atoms with Gasteiger partial charge in [0.1, 0.15) is 0 Å². The van der Waals surface area contributed by atoms with Gasteiger partial charge >= 0.3 is 0 Å². The van der Waals surface area contributed by atoms with E-state index in [1.54, 1.807) is 0 Å². The van der Waals surface area contributed by atoms with Gasteiger partial charge in [0.25, 0.3) is 0 Å². The fourth-order valence-electron chi connectivity index (χ4n) is 2.21. The van der Waals surface area contributed by atoms with E-state index in [9.17, 15) is 0 Å². The Morgan fingerprint density at radius 2 is 2.43 bits per heavy atom. The Bertz CT molecular complexity index is 341. The molecule has 76 valence electrons. The molecule has 0 unspecified atom stereocenters. The molecule has 0 N–H and O–H groups in total. The molecule has 2 fully saturated rings. The topological polar surface area (TPSA) is 36.3 Å². The zero-order valence-corrected chi connectivity index (χ0v) is 9.75. The third-order valence-electron chi connectivity index (χ3n) is 2.92. The Hall–Kier alpha value is -0.140. The van der Waals surface area contributed by atoms with Gasteiger partial charge in [0, 0.05) is 12.1 Å². The zero-order chi connectivity index (χ0) is 9.54. The lowest BCUT2D eigenvalue weighted by Gasteiger charge is -2.14. The van der Waals surface area contributed by atoms with E-state index in [2.05, 4.69) is 33.9 Å². The molecule has 3 atom stereocenters. The lowest BCUT2D eigenvalue weighted by Crippen LogP contribution is -2.19. The maximum atomic E-state index is 5.57. The van der Waals surface area contributed by atoms with Crippen LogP contribution in [0.25, 0.3) is 0 Å². The minimum absolute atomic E-state index is 0.0156. The fourth-order valence-corrected chi connectivity index (χ4v) is 2.62. The van der Waals surface area contributed by atoms with Gasteiger partial charge in [-0.1, -0.05) is 0 Å². The summed E-state index contributed by atoms with van der Waals surface area (Å²) in [5.74, 6) is 0.491. The van der Waals surface area contributed by atoms with Gasteiger partial charge in [-0.15, -0.1) is 0 Å². The van der Waals surface area contributed by atoms with Gasteiger partial charge in [-0.05, 0) is 29.0 Å². The maximum absolute atomic E-state index is 5.57. The normalized spacial score (nSPS) is 36.2. The molecule has 1 aromatic rings.